The van der Waals surface area contributed by atoms with Crippen molar-refractivity contribution in [3.63, 3.8) is 0 Å². The van der Waals surface area contributed by atoms with Crippen molar-refractivity contribution in [3.05, 3.63) is 44.9 Å². The van der Waals surface area contributed by atoms with Gasteiger partial charge in [-0.3, -0.25) is 0 Å². The average Bonchev–Trinajstić information content (AvgIpc) is 2.70. The minimum absolute atomic E-state index is 0.211. The summed E-state index contributed by atoms with van der Waals surface area (Å²) in [6.45, 7) is 1.88. The lowest BCUT2D eigenvalue weighted by atomic mass is 10.3. The predicted octanol–water partition coefficient (Wildman–Crippen LogP) is 3.38. The van der Waals surface area contributed by atoms with Crippen LogP contribution in [0.25, 0.3) is 0 Å². The topological polar surface area (TPSA) is 59.4 Å². The minimum atomic E-state index is -0.964. The number of carboxylic acid groups (broad SMARTS) is 1. The number of carboxylic acids is 1. The van der Waals surface area contributed by atoms with Gasteiger partial charge in [0.25, 0.3) is 0 Å². The molecule has 0 saturated carbocycles. The molecule has 0 aliphatic carbocycles. The summed E-state index contributed by atoms with van der Waals surface area (Å²) in [5, 5.41) is 10.1. The van der Waals surface area contributed by atoms with Crippen LogP contribution in [0.4, 0.5) is 0 Å². The smallest absolute Gasteiger partial charge is 0.347 e. The van der Waals surface area contributed by atoms with E-state index in [2.05, 4.69) is 4.98 Å². The summed E-state index contributed by atoms with van der Waals surface area (Å²) in [7, 11) is 0. The molecule has 1 aromatic heterocycles. The van der Waals surface area contributed by atoms with Crippen molar-refractivity contribution in [1.82, 2.24) is 4.98 Å². The molecule has 0 aliphatic rings. The lowest BCUT2D eigenvalue weighted by molar-refractivity contribution is 0.0701. The molecule has 1 aromatic carbocycles. The van der Waals surface area contributed by atoms with Crippen LogP contribution in [-0.2, 0) is 6.61 Å². The number of benzene rings is 1. The monoisotopic (exact) mass is 283 g/mol. The van der Waals surface area contributed by atoms with E-state index in [1.165, 1.54) is 0 Å². The lowest BCUT2D eigenvalue weighted by Crippen LogP contribution is -1.95. The molecule has 18 heavy (non-hydrogen) atoms. The van der Waals surface area contributed by atoms with Crippen molar-refractivity contribution >= 4 is 28.9 Å². The van der Waals surface area contributed by atoms with Crippen LogP contribution >= 0.6 is 22.9 Å². The number of ether oxygens (including phenoxy) is 1. The molecule has 0 amide bonds. The molecule has 0 saturated heterocycles. The Hall–Kier alpha value is -1.59. The number of hydrogen-bond donors (Lipinski definition) is 1. The number of halogens is 1. The third-order valence-corrected chi connectivity index (χ3v) is 3.65. The van der Waals surface area contributed by atoms with Gasteiger partial charge in [-0.15, -0.1) is 11.3 Å². The Morgan fingerprint density at radius 1 is 1.50 bits per heavy atom. The molecular weight excluding hydrogens is 274 g/mol. The molecule has 0 fully saturated rings. The van der Waals surface area contributed by atoms with Gasteiger partial charge in [0.15, 0.2) is 0 Å². The van der Waals surface area contributed by atoms with E-state index >= 15 is 0 Å². The molecule has 0 spiro atoms. The van der Waals surface area contributed by atoms with E-state index in [1.807, 2.05) is 12.1 Å². The molecule has 1 heterocycles. The van der Waals surface area contributed by atoms with Crippen LogP contribution in [0.1, 0.15) is 20.4 Å². The Morgan fingerprint density at radius 2 is 2.22 bits per heavy atom. The van der Waals surface area contributed by atoms with Gasteiger partial charge in [-0.2, -0.15) is 0 Å². The highest BCUT2D eigenvalue weighted by Crippen LogP contribution is 2.25. The fourth-order valence-corrected chi connectivity index (χ4v) is 2.42. The van der Waals surface area contributed by atoms with Gasteiger partial charge in [0, 0.05) is 0 Å². The first-order valence-electron chi connectivity index (χ1n) is 5.15. The Kier molecular flexibility index (Phi) is 3.84. The third-order valence-electron chi connectivity index (χ3n) is 2.22. The summed E-state index contributed by atoms with van der Waals surface area (Å²) in [4.78, 5) is 15.3. The van der Waals surface area contributed by atoms with Crippen molar-refractivity contribution in [1.29, 1.82) is 0 Å². The molecule has 94 valence electrons. The summed E-state index contributed by atoms with van der Waals surface area (Å²) < 4.78 is 5.49. The van der Waals surface area contributed by atoms with Crippen LogP contribution < -0.4 is 4.74 Å². The number of aromatic carboxylic acids is 1. The normalized spacial score (nSPS) is 10.3. The summed E-state index contributed by atoms with van der Waals surface area (Å²) >= 11 is 7.06. The SMILES string of the molecule is Cc1nc(COc2ccccc2Cl)sc1C(=O)O. The molecule has 0 aliphatic heterocycles. The minimum Gasteiger partial charge on any atom is -0.485 e. The number of para-hydroxylation sites is 1. The van der Waals surface area contributed by atoms with Gasteiger partial charge < -0.3 is 9.84 Å². The van der Waals surface area contributed by atoms with E-state index in [-0.39, 0.29) is 11.5 Å². The van der Waals surface area contributed by atoms with Gasteiger partial charge in [0.05, 0.1) is 10.7 Å². The molecule has 2 rings (SSSR count). The Labute approximate surface area is 113 Å². The number of thiazole rings is 1. The van der Waals surface area contributed by atoms with Crippen LogP contribution in [0, 0.1) is 6.92 Å². The molecular formula is C12H10ClNO3S. The molecule has 6 heteroatoms. The van der Waals surface area contributed by atoms with Crippen LogP contribution in [-0.4, -0.2) is 16.1 Å². The second kappa shape index (κ2) is 5.37. The van der Waals surface area contributed by atoms with Gasteiger partial charge in [0.1, 0.15) is 22.2 Å². The van der Waals surface area contributed by atoms with Gasteiger partial charge >= 0.3 is 5.97 Å². The van der Waals surface area contributed by atoms with Crippen molar-refractivity contribution in [2.45, 2.75) is 13.5 Å². The maximum atomic E-state index is 10.9. The summed E-state index contributed by atoms with van der Waals surface area (Å²) in [6.07, 6.45) is 0. The van der Waals surface area contributed by atoms with Crippen molar-refractivity contribution in [2.24, 2.45) is 0 Å². The summed E-state index contributed by atoms with van der Waals surface area (Å²) in [5.41, 5.74) is 0.505. The number of nitrogens with zero attached hydrogens (tertiary/aromatic N) is 1. The number of aryl methyl sites for hydroxylation is 1. The highest BCUT2D eigenvalue weighted by Gasteiger charge is 2.14. The van der Waals surface area contributed by atoms with E-state index < -0.39 is 5.97 Å². The van der Waals surface area contributed by atoms with Gasteiger partial charge in [0.2, 0.25) is 0 Å². The van der Waals surface area contributed by atoms with Crippen LogP contribution in [0.3, 0.4) is 0 Å². The first-order chi connectivity index (χ1) is 8.58. The molecule has 0 unspecified atom stereocenters. The number of aromatic nitrogens is 1. The van der Waals surface area contributed by atoms with Gasteiger partial charge in [-0.25, -0.2) is 9.78 Å². The zero-order chi connectivity index (χ0) is 13.1. The van der Waals surface area contributed by atoms with E-state index in [9.17, 15) is 4.79 Å². The summed E-state index contributed by atoms with van der Waals surface area (Å²) in [5.74, 6) is -0.405. The highest BCUT2D eigenvalue weighted by atomic mass is 35.5. The Morgan fingerprint density at radius 3 is 2.83 bits per heavy atom. The first-order valence-corrected chi connectivity index (χ1v) is 6.34. The van der Waals surface area contributed by atoms with Crippen LogP contribution in [0.2, 0.25) is 5.02 Å². The number of rotatable bonds is 4. The fourth-order valence-electron chi connectivity index (χ4n) is 1.41. The van der Waals surface area contributed by atoms with E-state index in [1.54, 1.807) is 19.1 Å². The Bertz CT molecular complexity index is 582. The summed E-state index contributed by atoms with van der Waals surface area (Å²) in [6, 6.07) is 7.11. The second-order valence-electron chi connectivity index (χ2n) is 3.55. The number of carbonyl (C=O) groups is 1. The quantitative estimate of drug-likeness (QED) is 0.934. The largest absolute Gasteiger partial charge is 0.485 e. The standard InChI is InChI=1S/C12H10ClNO3S/c1-7-11(12(15)16)18-10(14-7)6-17-9-5-3-2-4-8(9)13/h2-5H,6H2,1H3,(H,15,16). The number of hydrogen-bond acceptors (Lipinski definition) is 4. The highest BCUT2D eigenvalue weighted by molar-refractivity contribution is 7.13. The Balaban J connectivity index is 2.09. The zero-order valence-corrected chi connectivity index (χ0v) is 11.1. The molecule has 0 radical (unpaired) electrons. The van der Waals surface area contributed by atoms with Crippen molar-refractivity contribution in [3.8, 4) is 5.75 Å². The van der Waals surface area contributed by atoms with Crippen molar-refractivity contribution < 1.29 is 14.6 Å². The van der Waals surface area contributed by atoms with Crippen molar-refractivity contribution in [2.75, 3.05) is 0 Å². The van der Waals surface area contributed by atoms with Gasteiger partial charge in [-0.1, -0.05) is 23.7 Å². The molecule has 0 bridgehead atoms. The van der Waals surface area contributed by atoms with Crippen LogP contribution in [0.15, 0.2) is 24.3 Å². The lowest BCUT2D eigenvalue weighted by Gasteiger charge is -2.05. The maximum Gasteiger partial charge on any atom is 0.347 e. The molecule has 0 atom stereocenters. The zero-order valence-electron chi connectivity index (χ0n) is 9.51. The van der Waals surface area contributed by atoms with E-state index in [0.717, 1.165) is 11.3 Å². The first kappa shape index (κ1) is 12.9. The average molecular weight is 284 g/mol. The molecule has 2 aromatic rings. The fraction of sp³-hybridized carbons (Fsp3) is 0.167. The molecule has 4 nitrogen and oxygen atoms in total. The predicted molar refractivity (Wildman–Crippen MR) is 69.6 cm³/mol. The third kappa shape index (κ3) is 2.80. The van der Waals surface area contributed by atoms with E-state index in [0.29, 0.717) is 21.5 Å². The van der Waals surface area contributed by atoms with Crippen LogP contribution in [0.5, 0.6) is 5.75 Å². The maximum absolute atomic E-state index is 10.9. The molecule has 1 N–H and O–H groups in total. The van der Waals surface area contributed by atoms with Gasteiger partial charge in [-0.05, 0) is 19.1 Å². The van der Waals surface area contributed by atoms with E-state index in [4.69, 9.17) is 21.4 Å². The second-order valence-corrected chi connectivity index (χ2v) is 5.04.